The highest BCUT2D eigenvalue weighted by Gasteiger charge is 2.48. The van der Waals surface area contributed by atoms with Crippen LogP contribution in [-0.2, 0) is 20.9 Å². The van der Waals surface area contributed by atoms with E-state index in [1.54, 1.807) is 7.11 Å². The number of nitrogens with zero attached hydrogens (tertiary/aromatic N) is 4. The number of rotatable bonds is 14. The standard InChI is InChI=1S/C37H52N4O7/c1-8-9-15-40(27-12-10-11-25(18-27)23-41(4,5)6)32(42)22-39-21-28(26-19-30(46-7)34-31(20-26)47-24-48-34)33(35(43)44)29(39)13-16-38-17-14-37(2,3)36(38)45/h10-12,18-20,28-29,33H,8-9,13-17,21-24H2,1-7H3/p+1/t28-,29+,33-/m1/s1. The van der Waals surface area contributed by atoms with Crippen molar-refractivity contribution in [1.29, 1.82) is 0 Å². The monoisotopic (exact) mass is 665 g/mol. The molecule has 0 radical (unpaired) electrons. The zero-order chi connectivity index (χ0) is 34.8. The SMILES string of the molecule is CCCCN(C(=O)CN1C[C@H](c2cc(OC)c3c(c2)OCO3)[C@@H](C(=O)O)[C@@H]1CCN1CCC(C)(C)C1=O)c1cccc(C[N+](C)(C)C)c1. The number of fused-ring (bicyclic) bond motifs is 1. The number of carbonyl (C=O) groups excluding carboxylic acids is 2. The molecule has 0 bridgehead atoms. The summed E-state index contributed by atoms with van der Waals surface area (Å²) < 4.78 is 17.7. The third-order valence-corrected chi connectivity index (χ3v) is 9.96. The minimum Gasteiger partial charge on any atom is -0.493 e. The van der Waals surface area contributed by atoms with Crippen LogP contribution < -0.4 is 19.1 Å². The first-order valence-electron chi connectivity index (χ1n) is 17.2. The van der Waals surface area contributed by atoms with E-state index in [1.807, 2.05) is 52.8 Å². The van der Waals surface area contributed by atoms with Crippen molar-refractivity contribution in [2.45, 2.75) is 65.0 Å². The number of hydrogen-bond acceptors (Lipinski definition) is 7. The molecule has 3 aliphatic heterocycles. The molecule has 0 spiro atoms. The fourth-order valence-electron chi connectivity index (χ4n) is 7.45. The van der Waals surface area contributed by atoms with Gasteiger partial charge >= 0.3 is 5.97 Å². The van der Waals surface area contributed by atoms with Gasteiger partial charge in [-0.15, -0.1) is 0 Å². The highest BCUT2D eigenvalue weighted by molar-refractivity contribution is 5.95. The van der Waals surface area contributed by atoms with Gasteiger partial charge in [-0.2, -0.15) is 0 Å². The number of unbranched alkanes of at least 4 members (excludes halogenated alkanes) is 1. The number of ether oxygens (including phenoxy) is 3. The van der Waals surface area contributed by atoms with Crippen LogP contribution in [0.4, 0.5) is 5.69 Å². The smallest absolute Gasteiger partial charge is 0.308 e. The normalized spacial score (nSPS) is 21.9. The van der Waals surface area contributed by atoms with Crippen LogP contribution >= 0.6 is 0 Å². The van der Waals surface area contributed by atoms with Gasteiger partial charge in [0.2, 0.25) is 24.4 Å². The zero-order valence-electron chi connectivity index (χ0n) is 29.7. The van der Waals surface area contributed by atoms with Gasteiger partial charge in [0.15, 0.2) is 11.5 Å². The van der Waals surface area contributed by atoms with Crippen molar-refractivity contribution in [3.05, 3.63) is 47.5 Å². The lowest BCUT2D eigenvalue weighted by Crippen LogP contribution is -2.46. The number of benzene rings is 2. The number of quaternary nitrogens is 1. The number of likely N-dealkylation sites (tertiary alicyclic amines) is 2. The predicted molar refractivity (Wildman–Crippen MR) is 183 cm³/mol. The Kier molecular flexibility index (Phi) is 10.6. The minimum atomic E-state index is -0.930. The van der Waals surface area contributed by atoms with Crippen molar-refractivity contribution in [3.63, 3.8) is 0 Å². The molecule has 1 N–H and O–H groups in total. The Morgan fingerprint density at radius 2 is 1.92 bits per heavy atom. The van der Waals surface area contributed by atoms with Crippen LogP contribution in [0.2, 0.25) is 0 Å². The molecule has 48 heavy (non-hydrogen) atoms. The predicted octanol–water partition coefficient (Wildman–Crippen LogP) is 4.58. The Bertz CT molecular complexity index is 1500. The van der Waals surface area contributed by atoms with Crippen molar-refractivity contribution in [3.8, 4) is 17.2 Å². The van der Waals surface area contributed by atoms with Gasteiger partial charge in [0.05, 0.1) is 40.7 Å². The minimum absolute atomic E-state index is 0.0647. The summed E-state index contributed by atoms with van der Waals surface area (Å²) >= 11 is 0. The summed E-state index contributed by atoms with van der Waals surface area (Å²) in [6, 6.07) is 11.4. The molecule has 2 aromatic rings. The summed E-state index contributed by atoms with van der Waals surface area (Å²) in [6.45, 7) is 8.99. The van der Waals surface area contributed by atoms with Gasteiger partial charge in [-0.1, -0.05) is 39.3 Å². The molecule has 2 saturated heterocycles. The molecular weight excluding hydrogens is 612 g/mol. The van der Waals surface area contributed by atoms with E-state index in [9.17, 15) is 19.5 Å². The molecule has 0 aliphatic carbocycles. The fourth-order valence-corrected chi connectivity index (χ4v) is 7.45. The number of hydrogen-bond donors (Lipinski definition) is 1. The average Bonchev–Trinajstić information content (AvgIpc) is 3.71. The average molecular weight is 666 g/mol. The molecular formula is C37H53N4O7+. The van der Waals surface area contributed by atoms with Gasteiger partial charge in [-0.05, 0) is 49.1 Å². The highest BCUT2D eigenvalue weighted by atomic mass is 16.7. The van der Waals surface area contributed by atoms with Crippen LogP contribution in [-0.4, -0.2) is 111 Å². The maximum Gasteiger partial charge on any atom is 0.308 e. The van der Waals surface area contributed by atoms with Gasteiger partial charge in [0.25, 0.3) is 0 Å². The lowest BCUT2D eigenvalue weighted by atomic mass is 9.84. The third-order valence-electron chi connectivity index (χ3n) is 9.96. The molecule has 0 aromatic heterocycles. The molecule has 11 heteroatoms. The molecule has 3 heterocycles. The molecule has 0 saturated carbocycles. The van der Waals surface area contributed by atoms with Gasteiger partial charge in [0.1, 0.15) is 6.54 Å². The summed E-state index contributed by atoms with van der Waals surface area (Å²) in [5.41, 5.74) is 2.34. The van der Waals surface area contributed by atoms with Gasteiger partial charge < -0.3 is 33.6 Å². The Balaban J connectivity index is 1.46. The van der Waals surface area contributed by atoms with E-state index in [2.05, 4.69) is 40.2 Å². The number of carbonyl (C=O) groups is 3. The van der Waals surface area contributed by atoms with Crippen LogP contribution in [0, 0.1) is 11.3 Å². The topological polar surface area (TPSA) is 109 Å². The lowest BCUT2D eigenvalue weighted by Gasteiger charge is -2.31. The first kappa shape index (κ1) is 35.5. The summed E-state index contributed by atoms with van der Waals surface area (Å²) in [6.07, 6.45) is 2.99. The second-order valence-electron chi connectivity index (χ2n) is 15.2. The van der Waals surface area contributed by atoms with Crippen LogP contribution in [0.3, 0.4) is 0 Å². The number of aliphatic carboxylic acids is 1. The van der Waals surface area contributed by atoms with Crippen molar-refractivity contribution in [2.75, 3.05) is 72.7 Å². The van der Waals surface area contributed by atoms with Crippen LogP contribution in [0.15, 0.2) is 36.4 Å². The van der Waals surface area contributed by atoms with Crippen LogP contribution in [0.25, 0.3) is 0 Å². The largest absolute Gasteiger partial charge is 0.493 e. The second kappa shape index (κ2) is 14.3. The summed E-state index contributed by atoms with van der Waals surface area (Å²) in [5, 5.41) is 10.7. The van der Waals surface area contributed by atoms with Crippen molar-refractivity contribution in [2.24, 2.45) is 11.3 Å². The van der Waals surface area contributed by atoms with E-state index in [0.29, 0.717) is 49.8 Å². The summed E-state index contributed by atoms with van der Waals surface area (Å²) in [4.78, 5) is 46.3. The maximum atomic E-state index is 14.3. The Labute approximate surface area is 284 Å². The molecule has 3 aliphatic rings. The van der Waals surface area contributed by atoms with Crippen molar-refractivity contribution >= 4 is 23.5 Å². The first-order valence-corrected chi connectivity index (χ1v) is 17.2. The lowest BCUT2D eigenvalue weighted by molar-refractivity contribution is -0.884. The van der Waals surface area contributed by atoms with Crippen molar-refractivity contribution < 1.29 is 38.2 Å². The van der Waals surface area contributed by atoms with Gasteiger partial charge in [-0.25, -0.2) is 0 Å². The number of amides is 2. The molecule has 2 amide bonds. The number of carboxylic acids is 1. The summed E-state index contributed by atoms with van der Waals surface area (Å²) in [5.74, 6) is -0.654. The Morgan fingerprint density at radius 1 is 1.15 bits per heavy atom. The van der Waals surface area contributed by atoms with E-state index < -0.39 is 29.3 Å². The second-order valence-corrected chi connectivity index (χ2v) is 15.2. The van der Waals surface area contributed by atoms with E-state index >= 15 is 0 Å². The van der Waals surface area contributed by atoms with Crippen molar-refractivity contribution in [1.82, 2.24) is 9.80 Å². The number of methoxy groups -OCH3 is 1. The number of carboxylic acid groups (broad SMARTS) is 1. The number of anilines is 1. The molecule has 2 fully saturated rings. The zero-order valence-corrected chi connectivity index (χ0v) is 29.7. The first-order chi connectivity index (χ1) is 22.7. The fraction of sp³-hybridized carbons (Fsp3) is 0.595. The molecule has 2 aromatic carbocycles. The molecule has 262 valence electrons. The third kappa shape index (κ3) is 7.73. The maximum absolute atomic E-state index is 14.3. The van der Waals surface area contributed by atoms with E-state index in [4.69, 9.17) is 14.2 Å². The van der Waals surface area contributed by atoms with Crippen LogP contribution in [0.1, 0.15) is 63.5 Å². The molecule has 3 atom stereocenters. The van der Waals surface area contributed by atoms with Crippen LogP contribution in [0.5, 0.6) is 17.2 Å². The van der Waals surface area contributed by atoms with E-state index in [0.717, 1.165) is 47.1 Å². The molecule has 5 rings (SSSR count). The van der Waals surface area contributed by atoms with Gasteiger partial charge in [-0.3, -0.25) is 19.3 Å². The van der Waals surface area contributed by atoms with E-state index in [-0.39, 0.29) is 25.2 Å². The van der Waals surface area contributed by atoms with E-state index in [1.165, 1.54) is 0 Å². The quantitative estimate of drug-likeness (QED) is 0.292. The molecule has 0 unspecified atom stereocenters. The highest BCUT2D eigenvalue weighted by Crippen LogP contribution is 2.47. The Morgan fingerprint density at radius 3 is 2.56 bits per heavy atom. The molecule has 11 nitrogen and oxygen atoms in total. The Hall–Kier alpha value is -3.83. The summed E-state index contributed by atoms with van der Waals surface area (Å²) in [7, 11) is 7.97. The van der Waals surface area contributed by atoms with Gasteiger partial charge in [0, 0.05) is 54.8 Å².